The van der Waals surface area contributed by atoms with Crippen molar-refractivity contribution in [2.75, 3.05) is 0 Å². The highest BCUT2D eigenvalue weighted by molar-refractivity contribution is 6.56. The van der Waals surface area contributed by atoms with Gasteiger partial charge in [-0.15, -0.1) is 11.6 Å². The maximum atomic E-state index is 6.22. The third kappa shape index (κ3) is 3.13. The smallest absolute Gasteiger partial charge is 0.0809 e. The minimum atomic E-state index is 0.117. The first-order valence-electron chi connectivity index (χ1n) is 5.24. The Labute approximate surface area is 151 Å². The molecule has 0 unspecified atom stereocenters. The summed E-state index contributed by atoms with van der Waals surface area (Å²) in [5.74, 6) is 0.303. The van der Waals surface area contributed by atoms with E-state index in [1.807, 2.05) is 6.07 Å². The van der Waals surface area contributed by atoms with E-state index in [0.29, 0.717) is 22.0 Å². The van der Waals surface area contributed by atoms with Crippen LogP contribution >= 0.6 is 81.2 Å². The first kappa shape index (κ1) is 16.8. The largest absolute Gasteiger partial charge is 0.122 e. The standard InChI is InChI=1S/C13H5Cl7/c14-4-5-1-6(3-7(15)2-5)8-9(16)11(18)13(20)12(19)10(8)17/h1-3H,4H2. The number of benzene rings is 2. The lowest BCUT2D eigenvalue weighted by Crippen LogP contribution is -1.89. The second-order valence-electron chi connectivity index (χ2n) is 3.93. The van der Waals surface area contributed by atoms with E-state index in [1.165, 1.54) is 0 Å². The quantitative estimate of drug-likeness (QED) is 0.268. The van der Waals surface area contributed by atoms with Crippen molar-refractivity contribution in [3.05, 3.63) is 53.9 Å². The highest BCUT2D eigenvalue weighted by Gasteiger charge is 2.20. The van der Waals surface area contributed by atoms with Crippen LogP contribution in [0.3, 0.4) is 0 Å². The van der Waals surface area contributed by atoms with Crippen LogP contribution in [-0.2, 0) is 5.88 Å². The van der Waals surface area contributed by atoms with E-state index in [9.17, 15) is 0 Å². The fourth-order valence-electron chi connectivity index (χ4n) is 1.73. The maximum Gasteiger partial charge on any atom is 0.0809 e. The van der Waals surface area contributed by atoms with E-state index >= 15 is 0 Å². The molecule has 2 rings (SSSR count). The molecule has 0 radical (unpaired) electrons. The van der Waals surface area contributed by atoms with Crippen LogP contribution in [0, 0.1) is 0 Å². The summed E-state index contributed by atoms with van der Waals surface area (Å²) in [4.78, 5) is 0. The summed E-state index contributed by atoms with van der Waals surface area (Å²) in [6.07, 6.45) is 0. The minimum absolute atomic E-state index is 0.117. The zero-order valence-corrected chi connectivity index (χ0v) is 14.9. The molecule has 0 N–H and O–H groups in total. The van der Waals surface area contributed by atoms with E-state index < -0.39 is 0 Å². The molecule has 0 fully saturated rings. The summed E-state index contributed by atoms with van der Waals surface area (Å²) in [6.45, 7) is 0. The minimum Gasteiger partial charge on any atom is -0.122 e. The summed E-state index contributed by atoms with van der Waals surface area (Å²) in [7, 11) is 0. The molecule has 0 heterocycles. The fourth-order valence-corrected chi connectivity index (χ4v) is 3.50. The molecule has 20 heavy (non-hydrogen) atoms. The van der Waals surface area contributed by atoms with Gasteiger partial charge in [-0.05, 0) is 29.3 Å². The first-order chi connectivity index (χ1) is 9.36. The monoisotopic (exact) mass is 406 g/mol. The van der Waals surface area contributed by atoms with E-state index in [0.717, 1.165) is 5.56 Å². The van der Waals surface area contributed by atoms with Crippen molar-refractivity contribution in [3.8, 4) is 11.1 Å². The average Bonchev–Trinajstić information content (AvgIpc) is 2.42. The molecule has 106 valence electrons. The van der Waals surface area contributed by atoms with Crippen LogP contribution in [0.25, 0.3) is 11.1 Å². The van der Waals surface area contributed by atoms with Gasteiger partial charge in [0.1, 0.15) is 0 Å². The zero-order valence-electron chi connectivity index (χ0n) is 9.58. The van der Waals surface area contributed by atoms with Gasteiger partial charge in [-0.2, -0.15) is 0 Å². The van der Waals surface area contributed by atoms with Gasteiger partial charge in [-0.1, -0.05) is 69.6 Å². The zero-order chi connectivity index (χ0) is 15.0. The van der Waals surface area contributed by atoms with Crippen molar-refractivity contribution in [3.63, 3.8) is 0 Å². The number of rotatable bonds is 2. The molecule has 0 aliphatic rings. The first-order valence-corrected chi connectivity index (χ1v) is 8.04. The third-order valence-electron chi connectivity index (χ3n) is 2.61. The lowest BCUT2D eigenvalue weighted by molar-refractivity contribution is 1.40. The van der Waals surface area contributed by atoms with Gasteiger partial charge in [0.25, 0.3) is 0 Å². The Hall–Kier alpha value is 0.470. The molecule has 7 heteroatoms. The van der Waals surface area contributed by atoms with E-state index in [4.69, 9.17) is 81.2 Å². The van der Waals surface area contributed by atoms with E-state index in [2.05, 4.69) is 0 Å². The van der Waals surface area contributed by atoms with Crippen molar-refractivity contribution in [2.45, 2.75) is 5.88 Å². The topological polar surface area (TPSA) is 0 Å². The van der Waals surface area contributed by atoms with Crippen LogP contribution in [0.2, 0.25) is 30.1 Å². The van der Waals surface area contributed by atoms with Crippen LogP contribution in [-0.4, -0.2) is 0 Å². The normalized spacial score (nSPS) is 10.9. The molecule has 0 aliphatic carbocycles. The van der Waals surface area contributed by atoms with Gasteiger partial charge in [-0.3, -0.25) is 0 Å². The summed E-state index contributed by atoms with van der Waals surface area (Å²) in [5, 5.41) is 1.34. The van der Waals surface area contributed by atoms with Crippen molar-refractivity contribution in [2.24, 2.45) is 0 Å². The number of hydrogen-bond donors (Lipinski definition) is 0. The van der Waals surface area contributed by atoms with Gasteiger partial charge in [0.05, 0.1) is 25.1 Å². The molecule has 0 nitrogen and oxygen atoms in total. The van der Waals surface area contributed by atoms with Crippen molar-refractivity contribution < 1.29 is 0 Å². The Morgan fingerprint density at radius 1 is 0.650 bits per heavy atom. The highest BCUT2D eigenvalue weighted by Crippen LogP contribution is 2.48. The number of hydrogen-bond acceptors (Lipinski definition) is 0. The molecule has 0 spiro atoms. The predicted molar refractivity (Wildman–Crippen MR) is 91.5 cm³/mol. The predicted octanol–water partition coefficient (Wildman–Crippen LogP) is 8.01. The Balaban J connectivity index is 2.79. The third-order valence-corrected chi connectivity index (χ3v) is 5.41. The van der Waals surface area contributed by atoms with Crippen molar-refractivity contribution in [1.82, 2.24) is 0 Å². The van der Waals surface area contributed by atoms with Crippen LogP contribution in [0.4, 0.5) is 0 Å². The van der Waals surface area contributed by atoms with E-state index in [1.54, 1.807) is 12.1 Å². The summed E-state index contributed by atoms with van der Waals surface area (Å²) in [6, 6.07) is 5.26. The number of halogens is 7. The van der Waals surface area contributed by atoms with Gasteiger partial charge in [0.2, 0.25) is 0 Å². The molecular weight excluding hydrogens is 404 g/mol. The number of alkyl halides is 1. The van der Waals surface area contributed by atoms with Crippen LogP contribution in [0.1, 0.15) is 5.56 Å². The summed E-state index contributed by atoms with van der Waals surface area (Å²) >= 11 is 42.4. The SMILES string of the molecule is ClCc1cc(Cl)cc(-c2c(Cl)c(Cl)c(Cl)c(Cl)c2Cl)c1. The Bertz CT molecular complexity index is 650. The van der Waals surface area contributed by atoms with Gasteiger partial charge < -0.3 is 0 Å². The van der Waals surface area contributed by atoms with Crippen LogP contribution < -0.4 is 0 Å². The fraction of sp³-hybridized carbons (Fsp3) is 0.0769. The Kier molecular flexibility index (Phi) is 5.64. The van der Waals surface area contributed by atoms with Gasteiger partial charge in [0, 0.05) is 16.5 Å². The lowest BCUT2D eigenvalue weighted by Gasteiger charge is -2.13. The highest BCUT2D eigenvalue weighted by atomic mass is 35.5. The summed E-state index contributed by atoms with van der Waals surface area (Å²) in [5.41, 5.74) is 1.97. The van der Waals surface area contributed by atoms with E-state index in [-0.39, 0.29) is 25.1 Å². The second kappa shape index (κ2) is 6.71. The van der Waals surface area contributed by atoms with Crippen molar-refractivity contribution in [1.29, 1.82) is 0 Å². The molecule has 0 atom stereocenters. The van der Waals surface area contributed by atoms with Crippen LogP contribution in [0.15, 0.2) is 18.2 Å². The van der Waals surface area contributed by atoms with Gasteiger partial charge in [0.15, 0.2) is 0 Å². The maximum absolute atomic E-state index is 6.22. The van der Waals surface area contributed by atoms with Crippen LogP contribution in [0.5, 0.6) is 0 Å². The van der Waals surface area contributed by atoms with Crippen molar-refractivity contribution >= 4 is 81.2 Å². The summed E-state index contributed by atoms with van der Waals surface area (Å²) < 4.78 is 0. The molecule has 0 saturated carbocycles. The van der Waals surface area contributed by atoms with Gasteiger partial charge in [-0.25, -0.2) is 0 Å². The second-order valence-corrected chi connectivity index (χ2v) is 6.52. The lowest BCUT2D eigenvalue weighted by atomic mass is 10.0. The molecule has 0 bridgehead atoms. The molecule has 2 aromatic rings. The molecule has 0 saturated heterocycles. The molecule has 0 aromatic heterocycles. The Morgan fingerprint density at radius 2 is 1.15 bits per heavy atom. The molecule has 0 aliphatic heterocycles. The average molecular weight is 409 g/mol. The molecule has 0 amide bonds. The Morgan fingerprint density at radius 3 is 1.65 bits per heavy atom. The molecule has 2 aromatic carbocycles. The van der Waals surface area contributed by atoms with Gasteiger partial charge >= 0.3 is 0 Å². The molecular formula is C13H5Cl7.